The Kier molecular flexibility index (Phi) is 12.1. The van der Waals surface area contributed by atoms with E-state index in [-0.39, 0.29) is 18.4 Å². The first-order valence-electron chi connectivity index (χ1n) is 8.09. The number of aliphatic hydroxyl groups excluding tert-OH is 2. The molecule has 0 saturated heterocycles. The first kappa shape index (κ1) is 21.1. The fraction of sp³-hybridized carbons (Fsp3) is 0.824. The number of rotatable bonds is 12. The Bertz CT molecular complexity index is 316. The van der Waals surface area contributed by atoms with Crippen molar-refractivity contribution >= 4 is 5.97 Å². The molecule has 5 heteroatoms. The monoisotopic (exact) mass is 316 g/mol. The van der Waals surface area contributed by atoms with Gasteiger partial charge in [-0.1, -0.05) is 39.2 Å². The molecule has 130 valence electrons. The smallest absolute Gasteiger partial charge is 0.330 e. The zero-order chi connectivity index (χ0) is 17.0. The first-order chi connectivity index (χ1) is 10.4. The SMILES string of the molecule is CCCCC[C@H](C[C@H](O)C[C@@H](O)[C@H](C)/C=C\C(=O)OC)OC. The summed E-state index contributed by atoms with van der Waals surface area (Å²) in [5, 5.41) is 20.2. The molecule has 4 atom stereocenters. The van der Waals surface area contributed by atoms with Gasteiger partial charge in [-0.25, -0.2) is 4.79 Å². The second kappa shape index (κ2) is 12.6. The van der Waals surface area contributed by atoms with Gasteiger partial charge in [0.1, 0.15) is 0 Å². The topological polar surface area (TPSA) is 76.0 Å². The molecule has 0 amide bonds. The number of carbonyl (C=O) groups is 1. The lowest BCUT2D eigenvalue weighted by atomic mass is 9.95. The van der Waals surface area contributed by atoms with E-state index in [1.165, 1.54) is 13.2 Å². The van der Waals surface area contributed by atoms with E-state index >= 15 is 0 Å². The van der Waals surface area contributed by atoms with E-state index in [1.54, 1.807) is 20.1 Å². The molecule has 0 heterocycles. The quantitative estimate of drug-likeness (QED) is 0.328. The zero-order valence-electron chi connectivity index (χ0n) is 14.3. The number of ether oxygens (including phenoxy) is 2. The maximum Gasteiger partial charge on any atom is 0.330 e. The van der Waals surface area contributed by atoms with E-state index < -0.39 is 18.2 Å². The van der Waals surface area contributed by atoms with Gasteiger partial charge in [0.15, 0.2) is 0 Å². The minimum absolute atomic E-state index is 0.0228. The summed E-state index contributed by atoms with van der Waals surface area (Å²) in [5.74, 6) is -0.676. The summed E-state index contributed by atoms with van der Waals surface area (Å²) < 4.78 is 9.89. The number of carbonyl (C=O) groups excluding carboxylic acids is 1. The lowest BCUT2D eigenvalue weighted by Gasteiger charge is -2.23. The molecule has 0 rings (SSSR count). The Labute approximate surface area is 134 Å². The molecule has 22 heavy (non-hydrogen) atoms. The van der Waals surface area contributed by atoms with Gasteiger partial charge in [0, 0.05) is 19.1 Å². The summed E-state index contributed by atoms with van der Waals surface area (Å²) in [6.45, 7) is 3.95. The van der Waals surface area contributed by atoms with Crippen molar-refractivity contribution in [1.82, 2.24) is 0 Å². The van der Waals surface area contributed by atoms with Gasteiger partial charge in [-0.05, 0) is 19.3 Å². The van der Waals surface area contributed by atoms with Crippen LogP contribution >= 0.6 is 0 Å². The number of hydrogen-bond acceptors (Lipinski definition) is 5. The van der Waals surface area contributed by atoms with Crippen LogP contribution in [0.25, 0.3) is 0 Å². The first-order valence-corrected chi connectivity index (χ1v) is 8.09. The Morgan fingerprint density at radius 3 is 2.41 bits per heavy atom. The van der Waals surface area contributed by atoms with Crippen LogP contribution in [0.1, 0.15) is 52.4 Å². The molecule has 0 aliphatic rings. The molecule has 0 unspecified atom stereocenters. The third-order valence-corrected chi connectivity index (χ3v) is 3.86. The van der Waals surface area contributed by atoms with Crippen molar-refractivity contribution in [2.45, 2.75) is 70.7 Å². The lowest BCUT2D eigenvalue weighted by molar-refractivity contribution is -0.134. The summed E-state index contributed by atoms with van der Waals surface area (Å²) in [7, 11) is 2.96. The highest BCUT2D eigenvalue weighted by Gasteiger charge is 2.20. The minimum atomic E-state index is -0.705. The highest BCUT2D eigenvalue weighted by atomic mass is 16.5. The normalized spacial score (nSPS) is 17.2. The van der Waals surface area contributed by atoms with Crippen LogP contribution in [0, 0.1) is 5.92 Å². The molecular formula is C17H32O5. The Balaban J connectivity index is 4.18. The molecule has 0 spiro atoms. The fourth-order valence-electron chi connectivity index (χ4n) is 2.27. The largest absolute Gasteiger partial charge is 0.466 e. The van der Waals surface area contributed by atoms with Crippen molar-refractivity contribution in [2.24, 2.45) is 5.92 Å². The predicted octanol–water partition coefficient (Wildman–Crippen LogP) is 2.45. The zero-order valence-corrected chi connectivity index (χ0v) is 14.3. The van der Waals surface area contributed by atoms with Gasteiger partial charge in [0.25, 0.3) is 0 Å². The number of methoxy groups -OCH3 is 2. The molecule has 0 aliphatic carbocycles. The number of aliphatic hydroxyl groups is 2. The molecular weight excluding hydrogens is 284 g/mol. The minimum Gasteiger partial charge on any atom is -0.466 e. The summed E-state index contributed by atoms with van der Waals surface area (Å²) in [6.07, 6.45) is 6.70. The van der Waals surface area contributed by atoms with Crippen LogP contribution in [0.15, 0.2) is 12.2 Å². The van der Waals surface area contributed by atoms with Crippen LogP contribution in [0.4, 0.5) is 0 Å². The average molecular weight is 316 g/mol. The van der Waals surface area contributed by atoms with Crippen molar-refractivity contribution in [3.8, 4) is 0 Å². The lowest BCUT2D eigenvalue weighted by Crippen LogP contribution is -2.27. The highest BCUT2D eigenvalue weighted by Crippen LogP contribution is 2.17. The van der Waals surface area contributed by atoms with Crippen LogP contribution in [0.2, 0.25) is 0 Å². The second-order valence-corrected chi connectivity index (χ2v) is 5.79. The summed E-state index contributed by atoms with van der Waals surface area (Å²) in [4.78, 5) is 11.0. The maximum absolute atomic E-state index is 11.0. The van der Waals surface area contributed by atoms with Gasteiger partial charge >= 0.3 is 5.97 Å². The second-order valence-electron chi connectivity index (χ2n) is 5.79. The van der Waals surface area contributed by atoms with Crippen molar-refractivity contribution in [3.63, 3.8) is 0 Å². The van der Waals surface area contributed by atoms with Crippen LogP contribution in [-0.4, -0.2) is 48.7 Å². The predicted molar refractivity (Wildman–Crippen MR) is 86.5 cm³/mol. The third kappa shape index (κ3) is 9.92. The van der Waals surface area contributed by atoms with Crippen LogP contribution in [0.5, 0.6) is 0 Å². The van der Waals surface area contributed by atoms with Gasteiger partial charge in [-0.2, -0.15) is 0 Å². The number of hydrogen-bond donors (Lipinski definition) is 2. The van der Waals surface area contributed by atoms with Crippen LogP contribution in [0.3, 0.4) is 0 Å². The van der Waals surface area contributed by atoms with Crippen molar-refractivity contribution in [1.29, 1.82) is 0 Å². The molecule has 5 nitrogen and oxygen atoms in total. The van der Waals surface area contributed by atoms with Crippen molar-refractivity contribution in [3.05, 3.63) is 12.2 Å². The molecule has 0 fully saturated rings. The molecule has 0 aromatic carbocycles. The van der Waals surface area contributed by atoms with Gasteiger partial charge in [0.2, 0.25) is 0 Å². The summed E-state index contributed by atoms with van der Waals surface area (Å²) >= 11 is 0. The number of unbranched alkanes of at least 4 members (excludes halogenated alkanes) is 2. The van der Waals surface area contributed by atoms with Gasteiger partial charge in [-0.3, -0.25) is 0 Å². The molecule has 0 aromatic rings. The fourth-order valence-corrected chi connectivity index (χ4v) is 2.27. The molecule has 0 aromatic heterocycles. The number of esters is 1. The molecule has 0 radical (unpaired) electrons. The van der Waals surface area contributed by atoms with E-state index in [4.69, 9.17) is 4.74 Å². The molecule has 0 aliphatic heterocycles. The van der Waals surface area contributed by atoms with E-state index in [2.05, 4.69) is 11.7 Å². The standard InChI is InChI=1S/C17H32O5/c1-5-6-7-8-15(21-3)11-14(18)12-16(19)13(2)9-10-17(20)22-4/h9-10,13-16,18-19H,5-8,11-12H2,1-4H3/b10-9-/t13-,14+,15-,16-/m1/s1. The van der Waals surface area contributed by atoms with Crippen LogP contribution in [-0.2, 0) is 14.3 Å². The third-order valence-electron chi connectivity index (χ3n) is 3.86. The Morgan fingerprint density at radius 1 is 1.18 bits per heavy atom. The average Bonchev–Trinajstić information content (AvgIpc) is 2.50. The van der Waals surface area contributed by atoms with Gasteiger partial charge in [0.05, 0.1) is 25.4 Å². The Morgan fingerprint density at radius 2 is 1.86 bits per heavy atom. The Hall–Kier alpha value is -0.910. The van der Waals surface area contributed by atoms with Crippen LogP contribution < -0.4 is 0 Å². The summed E-state index contributed by atoms with van der Waals surface area (Å²) in [5.41, 5.74) is 0. The van der Waals surface area contributed by atoms with E-state index in [0.29, 0.717) is 6.42 Å². The summed E-state index contributed by atoms with van der Waals surface area (Å²) in [6, 6.07) is 0. The highest BCUT2D eigenvalue weighted by molar-refractivity contribution is 5.81. The van der Waals surface area contributed by atoms with Crippen molar-refractivity contribution in [2.75, 3.05) is 14.2 Å². The maximum atomic E-state index is 11.0. The molecule has 2 N–H and O–H groups in total. The van der Waals surface area contributed by atoms with E-state index in [9.17, 15) is 15.0 Å². The molecule has 0 saturated carbocycles. The molecule has 0 bridgehead atoms. The van der Waals surface area contributed by atoms with E-state index in [1.807, 2.05) is 0 Å². The van der Waals surface area contributed by atoms with Gasteiger partial charge < -0.3 is 19.7 Å². The van der Waals surface area contributed by atoms with Gasteiger partial charge in [-0.15, -0.1) is 0 Å². The van der Waals surface area contributed by atoms with E-state index in [0.717, 1.165) is 25.7 Å². The van der Waals surface area contributed by atoms with Crippen molar-refractivity contribution < 1.29 is 24.5 Å².